The van der Waals surface area contributed by atoms with Gasteiger partial charge in [-0.15, -0.1) is 0 Å². The lowest BCUT2D eigenvalue weighted by atomic mass is 10.0. The fourth-order valence-electron chi connectivity index (χ4n) is 3.88. The Morgan fingerprint density at radius 2 is 1.43 bits per heavy atom. The fourth-order valence-corrected chi connectivity index (χ4v) is 3.88. The summed E-state index contributed by atoms with van der Waals surface area (Å²) >= 11 is 0. The third-order valence-electron chi connectivity index (χ3n) is 5.49. The van der Waals surface area contributed by atoms with Crippen LogP contribution in [0.4, 0.5) is 17.1 Å². The molecule has 0 saturated carbocycles. The minimum atomic E-state index is 0.0803. The van der Waals surface area contributed by atoms with Gasteiger partial charge in [-0.25, -0.2) is 0 Å². The molecule has 28 heavy (non-hydrogen) atoms. The summed E-state index contributed by atoms with van der Waals surface area (Å²) in [5.74, 6) is 0. The van der Waals surface area contributed by atoms with Crippen molar-refractivity contribution in [2.24, 2.45) is 0 Å². The molecule has 0 N–H and O–H groups in total. The molecule has 4 heteroatoms. The van der Waals surface area contributed by atoms with Gasteiger partial charge in [-0.2, -0.15) is 10.5 Å². The van der Waals surface area contributed by atoms with E-state index in [-0.39, 0.29) is 6.17 Å². The van der Waals surface area contributed by atoms with E-state index in [1.54, 1.807) is 0 Å². The highest BCUT2D eigenvalue weighted by Gasteiger charge is 2.33. The van der Waals surface area contributed by atoms with E-state index >= 15 is 0 Å². The van der Waals surface area contributed by atoms with Crippen LogP contribution in [-0.2, 0) is 0 Å². The number of nitriles is 2. The first-order valence-corrected chi connectivity index (χ1v) is 9.21. The molecule has 1 aliphatic rings. The van der Waals surface area contributed by atoms with Gasteiger partial charge in [0.05, 0.1) is 22.5 Å². The second kappa shape index (κ2) is 6.76. The van der Waals surface area contributed by atoms with Gasteiger partial charge in [0.25, 0.3) is 0 Å². The molecule has 0 saturated heterocycles. The molecule has 136 valence electrons. The number of hydrogen-bond donors (Lipinski definition) is 0. The minimum Gasteiger partial charge on any atom is -0.352 e. The summed E-state index contributed by atoms with van der Waals surface area (Å²) in [6.07, 6.45) is 0.0803. The molecular formula is C24H20N4. The second-order valence-electron chi connectivity index (χ2n) is 7.09. The van der Waals surface area contributed by atoms with Crippen molar-refractivity contribution in [1.29, 1.82) is 10.5 Å². The number of nitrogens with zero attached hydrogens (tertiary/aromatic N) is 4. The molecule has 0 unspecified atom stereocenters. The van der Waals surface area contributed by atoms with E-state index in [0.717, 1.165) is 22.6 Å². The molecule has 0 aliphatic carbocycles. The second-order valence-corrected chi connectivity index (χ2v) is 7.09. The van der Waals surface area contributed by atoms with Crippen LogP contribution in [0.2, 0.25) is 0 Å². The van der Waals surface area contributed by atoms with E-state index in [2.05, 4.69) is 66.1 Å². The summed E-state index contributed by atoms with van der Waals surface area (Å²) in [6, 6.07) is 24.7. The van der Waals surface area contributed by atoms with E-state index < -0.39 is 0 Å². The normalized spacial score (nSPS) is 15.1. The number of fused-ring (bicyclic) bond motifs is 1. The van der Waals surface area contributed by atoms with Crippen LogP contribution >= 0.6 is 0 Å². The monoisotopic (exact) mass is 364 g/mol. The van der Waals surface area contributed by atoms with Crippen LogP contribution in [0.15, 0.2) is 60.7 Å². The van der Waals surface area contributed by atoms with Gasteiger partial charge in [-0.1, -0.05) is 36.4 Å². The van der Waals surface area contributed by atoms with Crippen molar-refractivity contribution in [3.8, 4) is 23.3 Å². The van der Waals surface area contributed by atoms with Crippen LogP contribution in [0, 0.1) is 29.6 Å². The lowest BCUT2D eigenvalue weighted by Gasteiger charge is -2.29. The Bertz CT molecular complexity index is 1140. The van der Waals surface area contributed by atoms with E-state index in [9.17, 15) is 10.5 Å². The van der Waals surface area contributed by atoms with Gasteiger partial charge in [-0.05, 0) is 54.8 Å². The van der Waals surface area contributed by atoms with Crippen molar-refractivity contribution in [1.82, 2.24) is 0 Å². The molecular weight excluding hydrogens is 344 g/mol. The third kappa shape index (κ3) is 2.68. The summed E-state index contributed by atoms with van der Waals surface area (Å²) in [4.78, 5) is 4.38. The average Bonchev–Trinajstić information content (AvgIpc) is 2.97. The molecule has 4 rings (SSSR count). The van der Waals surface area contributed by atoms with E-state index in [1.807, 2.05) is 37.4 Å². The first kappa shape index (κ1) is 17.6. The van der Waals surface area contributed by atoms with Crippen LogP contribution in [0.5, 0.6) is 0 Å². The molecule has 0 bridgehead atoms. The van der Waals surface area contributed by atoms with Crippen LogP contribution < -0.4 is 9.80 Å². The molecule has 0 spiro atoms. The van der Waals surface area contributed by atoms with Crippen molar-refractivity contribution in [2.45, 2.75) is 20.0 Å². The number of benzene rings is 3. The quantitative estimate of drug-likeness (QED) is 0.616. The molecule has 0 amide bonds. The zero-order chi connectivity index (χ0) is 19.8. The van der Waals surface area contributed by atoms with E-state index in [4.69, 9.17) is 0 Å². The van der Waals surface area contributed by atoms with E-state index in [0.29, 0.717) is 11.1 Å². The highest BCUT2D eigenvalue weighted by atomic mass is 15.4. The zero-order valence-electron chi connectivity index (χ0n) is 16.1. The molecule has 3 aromatic rings. The number of rotatable bonds is 2. The van der Waals surface area contributed by atoms with Crippen molar-refractivity contribution >= 4 is 17.1 Å². The van der Waals surface area contributed by atoms with Crippen LogP contribution in [0.3, 0.4) is 0 Å². The largest absolute Gasteiger partial charge is 0.352 e. The SMILES string of the molecule is Cc1cc(-c2ccccc2)ccc1N1c2cc(C#N)c(C#N)cc2N(C)[C@@H]1C. The van der Waals surface area contributed by atoms with Gasteiger partial charge in [0.2, 0.25) is 0 Å². The zero-order valence-corrected chi connectivity index (χ0v) is 16.1. The third-order valence-corrected chi connectivity index (χ3v) is 5.49. The van der Waals surface area contributed by atoms with Crippen LogP contribution in [0.1, 0.15) is 23.6 Å². The molecule has 0 fully saturated rings. The van der Waals surface area contributed by atoms with Crippen molar-refractivity contribution in [3.63, 3.8) is 0 Å². The van der Waals surface area contributed by atoms with Crippen LogP contribution in [-0.4, -0.2) is 13.2 Å². The highest BCUT2D eigenvalue weighted by Crippen LogP contribution is 2.45. The Morgan fingerprint density at radius 1 is 0.786 bits per heavy atom. The van der Waals surface area contributed by atoms with Gasteiger partial charge in [0.1, 0.15) is 18.3 Å². The first-order valence-electron chi connectivity index (χ1n) is 9.21. The predicted octanol–water partition coefficient (Wildman–Crippen LogP) is 5.34. The van der Waals surface area contributed by atoms with Crippen LogP contribution in [0.25, 0.3) is 11.1 Å². The summed E-state index contributed by atoms with van der Waals surface area (Å²) in [7, 11) is 2.02. The minimum absolute atomic E-state index is 0.0803. The highest BCUT2D eigenvalue weighted by molar-refractivity contribution is 5.87. The van der Waals surface area contributed by atoms with Crippen molar-refractivity contribution in [2.75, 3.05) is 16.8 Å². The Balaban J connectivity index is 1.83. The van der Waals surface area contributed by atoms with Gasteiger partial charge in [0, 0.05) is 12.7 Å². The van der Waals surface area contributed by atoms with Gasteiger partial charge >= 0.3 is 0 Å². The number of anilines is 3. The van der Waals surface area contributed by atoms with Gasteiger partial charge in [0.15, 0.2) is 0 Å². The molecule has 1 aliphatic heterocycles. The molecule has 4 nitrogen and oxygen atoms in total. The summed E-state index contributed by atoms with van der Waals surface area (Å²) < 4.78 is 0. The number of hydrogen-bond acceptors (Lipinski definition) is 4. The van der Waals surface area contributed by atoms with Gasteiger partial charge in [-0.3, -0.25) is 0 Å². The van der Waals surface area contributed by atoms with Gasteiger partial charge < -0.3 is 9.80 Å². The standard InChI is InChI=1S/C24H20N4/c1-16-11-19(18-7-5-4-6-8-18)9-10-22(16)28-17(2)27(3)23-12-20(14-25)21(15-26)13-24(23)28/h4-13,17H,1-3H3/t17-/m0/s1. The molecule has 1 heterocycles. The summed E-state index contributed by atoms with van der Waals surface area (Å²) in [6.45, 7) is 4.24. The Morgan fingerprint density at radius 3 is 2.04 bits per heavy atom. The maximum absolute atomic E-state index is 9.45. The molecule has 1 atom stereocenters. The molecule has 3 aromatic carbocycles. The first-order chi connectivity index (χ1) is 13.5. The van der Waals surface area contributed by atoms with Crippen molar-refractivity contribution < 1.29 is 0 Å². The Labute approximate surface area is 165 Å². The molecule has 0 aromatic heterocycles. The lowest BCUT2D eigenvalue weighted by Crippen LogP contribution is -2.35. The topological polar surface area (TPSA) is 54.1 Å². The number of aryl methyl sites for hydroxylation is 1. The predicted molar refractivity (Wildman–Crippen MR) is 112 cm³/mol. The maximum Gasteiger partial charge on any atom is 0.103 e. The average molecular weight is 364 g/mol. The summed E-state index contributed by atoms with van der Waals surface area (Å²) in [5.41, 5.74) is 7.39. The summed E-state index contributed by atoms with van der Waals surface area (Å²) in [5, 5.41) is 18.8. The molecule has 0 radical (unpaired) electrons. The maximum atomic E-state index is 9.45. The fraction of sp³-hybridized carbons (Fsp3) is 0.167. The van der Waals surface area contributed by atoms with E-state index in [1.165, 1.54) is 11.1 Å². The smallest absolute Gasteiger partial charge is 0.103 e. The Hall–Kier alpha value is -3.76. The van der Waals surface area contributed by atoms with Crippen molar-refractivity contribution in [3.05, 3.63) is 77.4 Å². The lowest BCUT2D eigenvalue weighted by molar-refractivity contribution is 0.732. The Kier molecular flexibility index (Phi) is 4.26.